The second-order valence-corrected chi connectivity index (χ2v) is 6.91. The van der Waals surface area contributed by atoms with Crippen molar-refractivity contribution in [3.63, 3.8) is 0 Å². The number of hydrogen-bond acceptors (Lipinski definition) is 3. The summed E-state index contributed by atoms with van der Waals surface area (Å²) in [5.41, 5.74) is -0.770. The molecule has 1 N–H and O–H groups in total. The molecule has 5 heteroatoms. The number of rotatable bonds is 9. The van der Waals surface area contributed by atoms with Gasteiger partial charge < -0.3 is 38.3 Å². The van der Waals surface area contributed by atoms with E-state index in [9.17, 15) is 9.90 Å². The summed E-state index contributed by atoms with van der Waals surface area (Å²) in [5.74, 6) is -0.628. The summed E-state index contributed by atoms with van der Waals surface area (Å²) in [6.07, 6.45) is 0.767. The quantitative estimate of drug-likeness (QED) is 0.243. The highest BCUT2D eigenvalue weighted by molar-refractivity contribution is 5.85. The van der Waals surface area contributed by atoms with Gasteiger partial charge in [-0.3, -0.25) is 0 Å². The number of nitrogens with zero attached hydrogens (tertiary/aromatic N) is 1. The van der Waals surface area contributed by atoms with Crippen LogP contribution in [0.2, 0.25) is 0 Å². The zero-order valence-electron chi connectivity index (χ0n) is 16.4. The average molecular weight is 483 g/mol. The molecule has 0 atom stereocenters. The summed E-state index contributed by atoms with van der Waals surface area (Å²) in [6, 6.07) is 17.9. The third-order valence-corrected chi connectivity index (χ3v) is 5.28. The van der Waals surface area contributed by atoms with Gasteiger partial charge in [-0.2, -0.15) is 0 Å². The number of esters is 1. The lowest BCUT2D eigenvalue weighted by atomic mass is 9.86. The maximum Gasteiger partial charge on any atom is 0.347 e. The Balaban J connectivity index is 0.00000364. The van der Waals surface area contributed by atoms with Crippen LogP contribution in [0.15, 0.2) is 60.7 Å². The lowest BCUT2D eigenvalue weighted by Crippen LogP contribution is -3.00. The van der Waals surface area contributed by atoms with Crippen LogP contribution in [0.25, 0.3) is 0 Å². The van der Waals surface area contributed by atoms with E-state index < -0.39 is 11.6 Å². The van der Waals surface area contributed by atoms with Gasteiger partial charge in [0.25, 0.3) is 0 Å². The Morgan fingerprint density at radius 3 is 1.81 bits per heavy atom. The molecule has 0 amide bonds. The highest BCUT2D eigenvalue weighted by Crippen LogP contribution is 2.31. The molecule has 4 nitrogen and oxygen atoms in total. The van der Waals surface area contributed by atoms with E-state index in [1.54, 1.807) is 24.3 Å². The summed E-state index contributed by atoms with van der Waals surface area (Å²) < 4.78 is 6.45. The number of carbonyl (C=O) groups excluding carboxylic acids is 1. The fraction of sp³-hybridized carbons (Fsp3) is 0.409. The van der Waals surface area contributed by atoms with Crippen LogP contribution in [0.5, 0.6) is 0 Å². The fourth-order valence-corrected chi connectivity index (χ4v) is 3.02. The van der Waals surface area contributed by atoms with Crippen LogP contribution >= 0.6 is 0 Å². The van der Waals surface area contributed by atoms with Gasteiger partial charge in [-0.25, -0.2) is 4.79 Å². The van der Waals surface area contributed by atoms with Crippen LogP contribution in [0, 0.1) is 0 Å². The van der Waals surface area contributed by atoms with Gasteiger partial charge >= 0.3 is 5.97 Å². The number of carbonyl (C=O) groups is 1. The smallest absolute Gasteiger partial charge is 0.347 e. The predicted molar refractivity (Wildman–Crippen MR) is 104 cm³/mol. The highest BCUT2D eigenvalue weighted by atomic mass is 127. The first-order valence-electron chi connectivity index (χ1n) is 9.30. The zero-order valence-corrected chi connectivity index (χ0v) is 18.6. The molecule has 0 heterocycles. The molecule has 0 aromatic heterocycles. The van der Waals surface area contributed by atoms with Gasteiger partial charge in [-0.1, -0.05) is 60.7 Å². The Morgan fingerprint density at radius 1 is 0.963 bits per heavy atom. The van der Waals surface area contributed by atoms with Crippen LogP contribution in [0.3, 0.4) is 0 Å². The van der Waals surface area contributed by atoms with Crippen LogP contribution in [0.1, 0.15) is 31.4 Å². The minimum Gasteiger partial charge on any atom is -1.00 e. The third kappa shape index (κ3) is 5.77. The number of hydrogen-bond donors (Lipinski definition) is 1. The lowest BCUT2D eigenvalue weighted by molar-refractivity contribution is -0.906. The van der Waals surface area contributed by atoms with Gasteiger partial charge in [0.2, 0.25) is 5.60 Å². The van der Waals surface area contributed by atoms with E-state index in [1.807, 2.05) is 36.4 Å². The molecule has 0 saturated heterocycles. The molecule has 0 radical (unpaired) electrons. The first-order valence-corrected chi connectivity index (χ1v) is 9.30. The molecule has 0 saturated carbocycles. The van der Waals surface area contributed by atoms with Gasteiger partial charge in [0.1, 0.15) is 0 Å². The average Bonchev–Trinajstić information content (AvgIpc) is 2.71. The summed E-state index contributed by atoms with van der Waals surface area (Å²) >= 11 is 0. The van der Waals surface area contributed by atoms with Crippen molar-refractivity contribution in [1.29, 1.82) is 0 Å². The van der Waals surface area contributed by atoms with Crippen LogP contribution in [-0.4, -0.2) is 48.8 Å². The lowest BCUT2D eigenvalue weighted by Gasteiger charge is -2.32. The molecule has 0 aliphatic heterocycles. The van der Waals surface area contributed by atoms with E-state index in [1.165, 1.54) is 0 Å². The standard InChI is InChI=1S/C22H30NO3.HI/c1-4-23(3,5-2)17-12-18-26-21(24)22(25,19-13-8-6-9-14-19)20-15-10-7-11-16-20;/h6-11,13-16,25H,4-5,12,17-18H2,1-3H3;1H/q+1;/p-1. The second-order valence-electron chi connectivity index (χ2n) is 6.91. The Labute approximate surface area is 179 Å². The van der Waals surface area contributed by atoms with E-state index >= 15 is 0 Å². The van der Waals surface area contributed by atoms with Crippen LogP contribution in [-0.2, 0) is 15.1 Å². The summed E-state index contributed by atoms with van der Waals surface area (Å²) in [6.45, 7) is 7.66. The molecule has 27 heavy (non-hydrogen) atoms. The minimum atomic E-state index is -1.80. The Kier molecular flexibility index (Phi) is 9.42. The van der Waals surface area contributed by atoms with Crippen molar-refractivity contribution in [2.45, 2.75) is 25.9 Å². The first-order chi connectivity index (χ1) is 12.5. The van der Waals surface area contributed by atoms with Gasteiger partial charge in [0, 0.05) is 6.42 Å². The van der Waals surface area contributed by atoms with Gasteiger partial charge in [0.15, 0.2) is 0 Å². The molecule has 2 rings (SSSR count). The van der Waals surface area contributed by atoms with Crippen LogP contribution in [0.4, 0.5) is 0 Å². The van der Waals surface area contributed by atoms with Crippen molar-refractivity contribution in [2.75, 3.05) is 33.3 Å². The first kappa shape index (κ1) is 23.6. The van der Waals surface area contributed by atoms with Crippen molar-refractivity contribution in [2.24, 2.45) is 0 Å². The van der Waals surface area contributed by atoms with Gasteiger partial charge in [-0.05, 0) is 25.0 Å². The highest BCUT2D eigenvalue weighted by Gasteiger charge is 2.41. The van der Waals surface area contributed by atoms with Crippen molar-refractivity contribution >= 4 is 5.97 Å². The topological polar surface area (TPSA) is 46.5 Å². The maximum absolute atomic E-state index is 12.9. The van der Waals surface area contributed by atoms with Crippen LogP contribution < -0.4 is 24.0 Å². The fourth-order valence-electron chi connectivity index (χ4n) is 3.02. The van der Waals surface area contributed by atoms with Crippen molar-refractivity contribution in [3.8, 4) is 0 Å². The maximum atomic E-state index is 12.9. The number of ether oxygens (including phenoxy) is 1. The Hall–Kier alpha value is -1.44. The Bertz CT molecular complexity index is 648. The molecule has 0 aliphatic carbocycles. The van der Waals surface area contributed by atoms with E-state index in [0.717, 1.165) is 30.5 Å². The van der Waals surface area contributed by atoms with E-state index in [2.05, 4.69) is 20.9 Å². The molecule has 148 valence electrons. The molecule has 2 aromatic carbocycles. The molecule has 0 spiro atoms. The zero-order chi connectivity index (χ0) is 19.0. The number of quaternary nitrogens is 1. The number of aliphatic hydroxyl groups is 1. The summed E-state index contributed by atoms with van der Waals surface area (Å²) in [4.78, 5) is 12.9. The molecular formula is C22H30INO3. The summed E-state index contributed by atoms with van der Waals surface area (Å²) in [7, 11) is 2.20. The van der Waals surface area contributed by atoms with Gasteiger partial charge in [-0.15, -0.1) is 0 Å². The van der Waals surface area contributed by atoms with E-state index in [4.69, 9.17) is 4.74 Å². The normalized spacial score (nSPS) is 11.6. The molecule has 2 aromatic rings. The van der Waals surface area contributed by atoms with Gasteiger partial charge in [0.05, 0.1) is 33.3 Å². The Morgan fingerprint density at radius 2 is 1.41 bits per heavy atom. The molecule has 0 unspecified atom stereocenters. The minimum absolute atomic E-state index is 0. The van der Waals surface area contributed by atoms with Crippen molar-refractivity contribution in [3.05, 3.63) is 71.8 Å². The largest absolute Gasteiger partial charge is 1.00 e. The molecule has 0 bridgehead atoms. The molecular weight excluding hydrogens is 453 g/mol. The predicted octanol–water partition coefficient (Wildman–Crippen LogP) is 0.346. The van der Waals surface area contributed by atoms with E-state index in [-0.39, 0.29) is 24.0 Å². The SMILES string of the molecule is CC[N+](C)(CC)CCCOC(=O)C(O)(c1ccccc1)c1ccccc1.[I-]. The summed E-state index contributed by atoms with van der Waals surface area (Å²) in [5, 5.41) is 11.3. The third-order valence-electron chi connectivity index (χ3n) is 5.28. The number of halogens is 1. The van der Waals surface area contributed by atoms with Crippen molar-refractivity contribution in [1.82, 2.24) is 0 Å². The monoisotopic (exact) mass is 483 g/mol. The second kappa shape index (κ2) is 10.8. The van der Waals surface area contributed by atoms with E-state index in [0.29, 0.717) is 17.7 Å². The van der Waals surface area contributed by atoms with Crippen molar-refractivity contribution < 1.29 is 43.1 Å². The molecule has 0 fully saturated rings. The molecule has 0 aliphatic rings. The number of benzene rings is 2.